The highest BCUT2D eigenvalue weighted by Gasteiger charge is 2.62. The van der Waals surface area contributed by atoms with Gasteiger partial charge < -0.3 is 30.2 Å². The summed E-state index contributed by atoms with van der Waals surface area (Å²) < 4.78 is 47.6. The minimum absolute atomic E-state index is 0.0170. The van der Waals surface area contributed by atoms with Gasteiger partial charge in [-0.25, -0.2) is 27.9 Å². The number of amides is 4. The normalized spacial score (nSPS) is 23.3. The number of fused-ring (bicyclic) bond motifs is 3. The molecular weight excluding hydrogens is 823 g/mol. The van der Waals surface area contributed by atoms with Gasteiger partial charge >= 0.3 is 6.09 Å². The maximum absolute atomic E-state index is 14.5. The average Bonchev–Trinajstić information content (AvgIpc) is 3.46. The first-order valence-electron chi connectivity index (χ1n) is 20.3. The maximum Gasteiger partial charge on any atom is 0.411 e. The quantitative estimate of drug-likeness (QED) is 0.142. The molecule has 2 aromatic carbocycles. The lowest BCUT2D eigenvalue weighted by atomic mass is 10.1. The van der Waals surface area contributed by atoms with Crippen molar-refractivity contribution in [3.8, 4) is 22.9 Å². The Kier molecular flexibility index (Phi) is 12.3. The summed E-state index contributed by atoms with van der Waals surface area (Å²) in [6.07, 6.45) is 4.35. The first-order chi connectivity index (χ1) is 28.9. The third kappa shape index (κ3) is 9.91. The van der Waals surface area contributed by atoms with Crippen LogP contribution in [0.4, 0.5) is 15.6 Å². The Bertz CT molecular complexity index is 2480. The summed E-state index contributed by atoms with van der Waals surface area (Å²) in [6.45, 7) is 9.16. The second-order valence-electron chi connectivity index (χ2n) is 16.8. The molecular formula is C43H51N7O9S2. The Hall–Kier alpha value is -5.75. The molecule has 4 aromatic rings. The van der Waals surface area contributed by atoms with Gasteiger partial charge in [0.1, 0.15) is 45.4 Å². The van der Waals surface area contributed by atoms with E-state index in [1.54, 1.807) is 58.2 Å². The number of carbonyl (C=O) groups is 4. The molecule has 7 rings (SSSR count). The molecule has 1 aliphatic carbocycles. The lowest BCUT2D eigenvalue weighted by Crippen LogP contribution is -2.56. The highest BCUT2D eigenvalue weighted by Crippen LogP contribution is 2.46. The third-order valence-corrected chi connectivity index (χ3v) is 12.6. The van der Waals surface area contributed by atoms with Crippen molar-refractivity contribution in [2.45, 2.75) is 107 Å². The summed E-state index contributed by atoms with van der Waals surface area (Å²) >= 11 is 1.45. The molecule has 1 saturated heterocycles. The van der Waals surface area contributed by atoms with Gasteiger partial charge in [-0.1, -0.05) is 24.3 Å². The predicted octanol–water partition coefficient (Wildman–Crippen LogP) is 6.39. The molecule has 4 N–H and O–H groups in total. The minimum Gasteiger partial charge on any atom is -0.497 e. The Morgan fingerprint density at radius 2 is 1.84 bits per heavy atom. The zero-order valence-corrected chi connectivity index (χ0v) is 36.6. The van der Waals surface area contributed by atoms with Crippen LogP contribution in [0, 0.1) is 5.92 Å². The second kappa shape index (κ2) is 17.3. The highest BCUT2D eigenvalue weighted by atomic mass is 32.2. The van der Waals surface area contributed by atoms with E-state index in [2.05, 4.69) is 20.7 Å². The van der Waals surface area contributed by atoms with Gasteiger partial charge in [-0.3, -0.25) is 19.3 Å². The molecule has 4 atom stereocenters. The first-order valence-corrected chi connectivity index (χ1v) is 22.6. The standard InChI is InChI=1S/C43H51N7O9S2/c1-25(2)44-40-47-33(24-60-40)32-21-35(29-18-17-27(57-6)19-31(29)45-32)58-28-20-34(50(23-28)41(54)59-42(3,4)5)38(52)48-43-22-26(43)13-9-7-8-10-16-37(51)46-30-14-11-12-15-36(30)61(55,56)49-39(43)53/h9,11-15,17-19,21,24-26,28,34H,7-8,10,16,20,22-23H2,1-6H3,(H,44,47)(H,46,51)(H,48,52)(H,49,53)/b13-9+/t26-,28+,34-,43+/m0/s1. The van der Waals surface area contributed by atoms with Crippen LogP contribution in [0.5, 0.6) is 11.5 Å². The molecule has 0 radical (unpaired) electrons. The number of hydrogen-bond acceptors (Lipinski definition) is 13. The number of pyridine rings is 1. The molecule has 2 aromatic heterocycles. The van der Waals surface area contributed by atoms with Crippen LogP contribution in [0.15, 0.2) is 71.0 Å². The average molecular weight is 874 g/mol. The Balaban J connectivity index is 1.19. The van der Waals surface area contributed by atoms with E-state index in [9.17, 15) is 27.6 Å². The molecule has 4 amide bonds. The van der Waals surface area contributed by atoms with Gasteiger partial charge in [0.2, 0.25) is 11.8 Å². The Morgan fingerprint density at radius 1 is 1.05 bits per heavy atom. The summed E-state index contributed by atoms with van der Waals surface area (Å²) in [6, 6.07) is 12.0. The van der Waals surface area contributed by atoms with E-state index in [1.165, 1.54) is 34.4 Å². The number of benzene rings is 2. The van der Waals surface area contributed by atoms with E-state index < -0.39 is 57.1 Å². The molecule has 2 aliphatic heterocycles. The number of anilines is 2. The van der Waals surface area contributed by atoms with Crippen molar-refractivity contribution in [2.75, 3.05) is 24.3 Å². The number of likely N-dealkylation sites (tertiary alicyclic amines) is 1. The molecule has 61 heavy (non-hydrogen) atoms. The lowest BCUT2D eigenvalue weighted by Gasteiger charge is -2.29. The number of sulfonamides is 1. The van der Waals surface area contributed by atoms with Crippen LogP contribution < -0.4 is 30.1 Å². The van der Waals surface area contributed by atoms with Crippen LogP contribution in [0.3, 0.4) is 0 Å². The summed E-state index contributed by atoms with van der Waals surface area (Å²) in [7, 11) is -2.96. The molecule has 18 heteroatoms. The van der Waals surface area contributed by atoms with Gasteiger partial charge in [0.25, 0.3) is 15.9 Å². The van der Waals surface area contributed by atoms with Crippen molar-refractivity contribution >= 4 is 66.9 Å². The SMILES string of the molecule is COc1ccc2c(O[C@@H]3C[C@@H](C(=O)N[C@]45C[C@@H]4/C=C/CCCCC(=O)Nc4ccccc4S(=O)(=O)NC5=O)N(C(=O)OC(C)(C)C)C3)cc(-c3csc(NC(C)C)n3)nc2c1. The van der Waals surface area contributed by atoms with Crippen molar-refractivity contribution in [1.82, 2.24) is 24.9 Å². The zero-order valence-electron chi connectivity index (χ0n) is 34.9. The third-order valence-electron chi connectivity index (χ3n) is 10.5. The van der Waals surface area contributed by atoms with Crippen molar-refractivity contribution in [1.29, 1.82) is 0 Å². The van der Waals surface area contributed by atoms with E-state index in [1.807, 2.05) is 31.4 Å². The van der Waals surface area contributed by atoms with Crippen LogP contribution in [-0.2, 0) is 29.1 Å². The highest BCUT2D eigenvalue weighted by molar-refractivity contribution is 7.90. The molecule has 4 heterocycles. The number of ether oxygens (including phenoxy) is 3. The molecule has 1 saturated carbocycles. The van der Waals surface area contributed by atoms with Crippen LogP contribution in [0.1, 0.15) is 73.1 Å². The Labute approximate surface area is 358 Å². The van der Waals surface area contributed by atoms with Crippen LogP contribution in [-0.4, -0.2) is 90.1 Å². The number of nitrogens with zero attached hydrogens (tertiary/aromatic N) is 3. The Morgan fingerprint density at radius 3 is 2.59 bits per heavy atom. The number of aromatic nitrogens is 2. The number of rotatable bonds is 8. The van der Waals surface area contributed by atoms with Gasteiger partial charge in [0, 0.05) is 47.7 Å². The molecule has 0 spiro atoms. The summed E-state index contributed by atoms with van der Waals surface area (Å²) in [5.74, 6) is -1.48. The van der Waals surface area contributed by atoms with Crippen LogP contribution in [0.2, 0.25) is 0 Å². The van der Waals surface area contributed by atoms with Gasteiger partial charge in [-0.2, -0.15) is 0 Å². The number of hydrogen-bond donors (Lipinski definition) is 4. The van der Waals surface area contributed by atoms with Crippen molar-refractivity contribution < 1.29 is 41.8 Å². The number of thiazole rings is 1. The van der Waals surface area contributed by atoms with Gasteiger partial charge in [0.15, 0.2) is 5.13 Å². The molecule has 0 unspecified atom stereocenters. The molecule has 2 fully saturated rings. The topological polar surface area (TPSA) is 207 Å². The second-order valence-corrected chi connectivity index (χ2v) is 19.3. The summed E-state index contributed by atoms with van der Waals surface area (Å²) in [5.41, 5.74) is -0.768. The largest absolute Gasteiger partial charge is 0.497 e. The van der Waals surface area contributed by atoms with E-state index in [4.69, 9.17) is 24.2 Å². The lowest BCUT2D eigenvalue weighted by molar-refractivity contribution is -0.131. The number of allylic oxidation sites excluding steroid dienone is 1. The fraction of sp³-hybridized carbons (Fsp3) is 0.442. The summed E-state index contributed by atoms with van der Waals surface area (Å²) in [4.78, 5) is 65.8. The molecule has 3 aliphatic rings. The number of carbonyl (C=O) groups excluding carboxylic acids is 4. The van der Waals surface area contributed by atoms with E-state index in [0.29, 0.717) is 53.1 Å². The van der Waals surface area contributed by atoms with Crippen molar-refractivity contribution in [3.05, 3.63) is 66.1 Å². The van der Waals surface area contributed by atoms with Gasteiger partial charge in [0.05, 0.1) is 30.6 Å². The minimum atomic E-state index is -4.52. The fourth-order valence-corrected chi connectivity index (χ4v) is 9.50. The van der Waals surface area contributed by atoms with Crippen molar-refractivity contribution in [3.63, 3.8) is 0 Å². The molecule has 324 valence electrons. The smallest absolute Gasteiger partial charge is 0.411 e. The van der Waals surface area contributed by atoms with Crippen molar-refractivity contribution in [2.24, 2.45) is 5.92 Å². The zero-order chi connectivity index (χ0) is 43.7. The number of methoxy groups -OCH3 is 1. The van der Waals surface area contributed by atoms with E-state index in [-0.39, 0.29) is 48.3 Å². The van der Waals surface area contributed by atoms with Crippen LogP contribution in [0.25, 0.3) is 22.3 Å². The van der Waals surface area contributed by atoms with Gasteiger partial charge in [-0.05, 0) is 84.6 Å². The van der Waals surface area contributed by atoms with E-state index in [0.717, 1.165) is 5.13 Å². The fourth-order valence-electron chi connectivity index (χ4n) is 7.45. The molecule has 16 nitrogen and oxygen atoms in total. The number of nitrogens with one attached hydrogen (secondary N) is 4. The predicted molar refractivity (Wildman–Crippen MR) is 231 cm³/mol. The van der Waals surface area contributed by atoms with Gasteiger partial charge in [-0.15, -0.1) is 11.3 Å². The van der Waals surface area contributed by atoms with E-state index >= 15 is 0 Å². The molecule has 0 bridgehead atoms. The number of para-hydroxylation sites is 1. The van der Waals surface area contributed by atoms with Crippen LogP contribution >= 0.6 is 11.3 Å². The monoisotopic (exact) mass is 873 g/mol. The maximum atomic E-state index is 14.5. The summed E-state index contributed by atoms with van der Waals surface area (Å²) in [5, 5.41) is 12.1. The first kappa shape index (κ1) is 43.3.